The average Bonchev–Trinajstić information content (AvgIpc) is 2.96. The van der Waals surface area contributed by atoms with Crippen LogP contribution in [0.2, 0.25) is 5.02 Å². The molecule has 8 heteroatoms. The van der Waals surface area contributed by atoms with Crippen LogP contribution in [-0.2, 0) is 0 Å². The predicted molar refractivity (Wildman–Crippen MR) is 86.6 cm³/mol. The van der Waals surface area contributed by atoms with Gasteiger partial charge in [0, 0.05) is 11.3 Å². The lowest BCUT2D eigenvalue weighted by Gasteiger charge is -2.34. The molecule has 1 aliphatic heterocycles. The van der Waals surface area contributed by atoms with Gasteiger partial charge in [-0.25, -0.2) is 0 Å². The number of aromatic nitrogens is 1. The Hall–Kier alpha value is -1.25. The summed E-state index contributed by atoms with van der Waals surface area (Å²) in [4.78, 5) is 0. The zero-order valence-electron chi connectivity index (χ0n) is 12.2. The summed E-state index contributed by atoms with van der Waals surface area (Å²) in [6.45, 7) is 1.80. The zero-order valence-corrected chi connectivity index (χ0v) is 13.8. The molecular formula is C15H16ClNO5S. The van der Waals surface area contributed by atoms with Crippen LogP contribution in [0.1, 0.15) is 5.76 Å². The van der Waals surface area contributed by atoms with Gasteiger partial charge in [0.1, 0.15) is 23.7 Å². The van der Waals surface area contributed by atoms with Gasteiger partial charge in [0.15, 0.2) is 5.44 Å². The molecule has 0 unspecified atom stereocenters. The molecule has 23 heavy (non-hydrogen) atoms. The SMILES string of the molecule is Cc1oncc1-c1ccc(Cl)c(O[C@H]2SC[C@@H](O)[C@H](O)[C@H]2O)c1. The average molecular weight is 358 g/mol. The Bertz CT molecular complexity index is 694. The number of thioether (sulfide) groups is 1. The third-order valence-corrected chi connectivity index (χ3v) is 5.24. The minimum absolute atomic E-state index is 0.269. The summed E-state index contributed by atoms with van der Waals surface area (Å²) in [6.07, 6.45) is -1.83. The molecule has 1 aromatic heterocycles. The van der Waals surface area contributed by atoms with Crippen molar-refractivity contribution in [2.75, 3.05) is 5.75 Å². The maximum atomic E-state index is 10.0. The molecule has 1 aromatic carbocycles. The molecule has 1 saturated heterocycles. The molecule has 0 spiro atoms. The van der Waals surface area contributed by atoms with E-state index in [-0.39, 0.29) is 5.75 Å². The Morgan fingerprint density at radius 2 is 2.09 bits per heavy atom. The van der Waals surface area contributed by atoms with Gasteiger partial charge in [-0.05, 0) is 24.6 Å². The minimum atomic E-state index is -1.25. The molecule has 1 fully saturated rings. The van der Waals surface area contributed by atoms with Crippen LogP contribution in [0, 0.1) is 6.92 Å². The highest BCUT2D eigenvalue weighted by molar-refractivity contribution is 7.99. The normalized spacial score (nSPS) is 27.9. The van der Waals surface area contributed by atoms with Gasteiger partial charge in [-0.1, -0.05) is 22.8 Å². The molecule has 2 heterocycles. The molecule has 1 aliphatic rings. The fourth-order valence-corrected chi connectivity index (χ4v) is 3.62. The molecule has 0 amide bonds. The molecule has 3 rings (SSSR count). The summed E-state index contributed by atoms with van der Waals surface area (Å²) in [5.74, 6) is 1.32. The maximum absolute atomic E-state index is 10.0. The summed E-state index contributed by atoms with van der Waals surface area (Å²) >= 11 is 7.38. The Balaban J connectivity index is 1.84. The largest absolute Gasteiger partial charge is 0.475 e. The van der Waals surface area contributed by atoms with E-state index in [0.29, 0.717) is 16.5 Å². The highest BCUT2D eigenvalue weighted by Gasteiger charge is 2.38. The lowest BCUT2D eigenvalue weighted by atomic mass is 10.1. The van der Waals surface area contributed by atoms with E-state index in [1.54, 1.807) is 25.3 Å². The molecule has 2 aromatic rings. The quantitative estimate of drug-likeness (QED) is 0.771. The second-order valence-electron chi connectivity index (χ2n) is 5.31. The smallest absolute Gasteiger partial charge is 0.173 e. The number of aliphatic hydroxyl groups is 3. The second kappa shape index (κ2) is 6.70. The lowest BCUT2D eigenvalue weighted by molar-refractivity contribution is -0.0785. The number of aryl methyl sites for hydroxylation is 1. The monoisotopic (exact) mass is 357 g/mol. The molecule has 6 nitrogen and oxygen atoms in total. The number of benzene rings is 1. The maximum Gasteiger partial charge on any atom is 0.173 e. The Morgan fingerprint density at radius 3 is 2.78 bits per heavy atom. The first-order valence-electron chi connectivity index (χ1n) is 7.01. The standard InChI is InChI=1S/C15H16ClNO5S/c1-7-9(5-17-22-7)8-2-3-10(16)12(4-8)21-15-14(20)13(19)11(18)6-23-15/h2-5,11,13-15,18-20H,6H2,1H3/t11-,13+,14-,15+/m1/s1. The van der Waals surface area contributed by atoms with Crippen LogP contribution < -0.4 is 4.74 Å². The zero-order chi connectivity index (χ0) is 16.6. The first-order valence-corrected chi connectivity index (χ1v) is 8.43. The van der Waals surface area contributed by atoms with E-state index < -0.39 is 23.7 Å². The van der Waals surface area contributed by atoms with Crippen molar-refractivity contribution in [1.29, 1.82) is 0 Å². The molecule has 124 valence electrons. The number of hydrogen-bond donors (Lipinski definition) is 3. The number of aliphatic hydroxyl groups excluding tert-OH is 3. The number of halogens is 1. The topological polar surface area (TPSA) is 96.0 Å². The summed E-state index contributed by atoms with van der Waals surface area (Å²) in [6, 6.07) is 5.23. The van der Waals surface area contributed by atoms with Crippen LogP contribution in [0.5, 0.6) is 5.75 Å². The van der Waals surface area contributed by atoms with E-state index in [9.17, 15) is 15.3 Å². The van der Waals surface area contributed by atoms with E-state index in [1.165, 1.54) is 11.8 Å². The third kappa shape index (κ3) is 3.34. The second-order valence-corrected chi connectivity index (χ2v) is 6.85. The number of hydrogen-bond acceptors (Lipinski definition) is 7. The van der Waals surface area contributed by atoms with Gasteiger partial charge in [-0.3, -0.25) is 0 Å². The van der Waals surface area contributed by atoms with Crippen molar-refractivity contribution in [2.24, 2.45) is 0 Å². The van der Waals surface area contributed by atoms with Crippen molar-refractivity contribution in [3.05, 3.63) is 35.2 Å². The molecular weight excluding hydrogens is 342 g/mol. The van der Waals surface area contributed by atoms with Gasteiger partial charge in [0.2, 0.25) is 0 Å². The van der Waals surface area contributed by atoms with E-state index >= 15 is 0 Å². The van der Waals surface area contributed by atoms with Crippen molar-refractivity contribution in [3.8, 4) is 16.9 Å². The van der Waals surface area contributed by atoms with Crippen molar-refractivity contribution in [1.82, 2.24) is 5.16 Å². The predicted octanol–water partition coefficient (Wildman–Crippen LogP) is 1.84. The van der Waals surface area contributed by atoms with Crippen LogP contribution in [-0.4, -0.2) is 50.0 Å². The molecule has 0 aliphatic carbocycles. The van der Waals surface area contributed by atoms with Crippen LogP contribution >= 0.6 is 23.4 Å². The van der Waals surface area contributed by atoms with E-state index in [1.807, 2.05) is 6.07 Å². The summed E-state index contributed by atoms with van der Waals surface area (Å²) in [7, 11) is 0. The summed E-state index contributed by atoms with van der Waals surface area (Å²) in [5.41, 5.74) is 0.919. The van der Waals surface area contributed by atoms with Gasteiger partial charge in [-0.2, -0.15) is 0 Å². The molecule has 4 atom stereocenters. The first-order chi connectivity index (χ1) is 11.0. The van der Waals surface area contributed by atoms with E-state index in [0.717, 1.165) is 11.1 Å². The lowest BCUT2D eigenvalue weighted by Crippen LogP contribution is -2.50. The van der Waals surface area contributed by atoms with Gasteiger partial charge < -0.3 is 24.6 Å². The molecule has 0 bridgehead atoms. The Kier molecular flexibility index (Phi) is 4.84. The Labute approximate surface area is 142 Å². The first kappa shape index (κ1) is 16.6. The van der Waals surface area contributed by atoms with Gasteiger partial charge in [0.05, 0.1) is 17.3 Å². The van der Waals surface area contributed by atoms with Gasteiger partial charge >= 0.3 is 0 Å². The minimum Gasteiger partial charge on any atom is -0.475 e. The van der Waals surface area contributed by atoms with Crippen LogP contribution in [0.15, 0.2) is 28.9 Å². The fourth-order valence-electron chi connectivity index (χ4n) is 2.35. The molecule has 0 saturated carbocycles. The highest BCUT2D eigenvalue weighted by atomic mass is 35.5. The van der Waals surface area contributed by atoms with Crippen molar-refractivity contribution < 1.29 is 24.6 Å². The van der Waals surface area contributed by atoms with E-state index in [4.69, 9.17) is 20.9 Å². The molecule has 3 N–H and O–H groups in total. The third-order valence-electron chi connectivity index (χ3n) is 3.69. The Morgan fingerprint density at radius 1 is 1.30 bits per heavy atom. The van der Waals surface area contributed by atoms with Gasteiger partial charge in [0.25, 0.3) is 0 Å². The number of nitrogens with zero attached hydrogens (tertiary/aromatic N) is 1. The van der Waals surface area contributed by atoms with Crippen LogP contribution in [0.25, 0.3) is 11.1 Å². The summed E-state index contributed by atoms with van der Waals surface area (Å²) < 4.78 is 10.8. The van der Waals surface area contributed by atoms with Gasteiger partial charge in [-0.15, -0.1) is 11.8 Å². The number of rotatable bonds is 3. The van der Waals surface area contributed by atoms with E-state index in [2.05, 4.69) is 5.16 Å². The highest BCUT2D eigenvalue weighted by Crippen LogP contribution is 2.36. The summed E-state index contributed by atoms with van der Waals surface area (Å²) in [5, 5.41) is 33.5. The van der Waals surface area contributed by atoms with Crippen LogP contribution in [0.3, 0.4) is 0 Å². The molecule has 0 radical (unpaired) electrons. The van der Waals surface area contributed by atoms with Crippen molar-refractivity contribution in [3.63, 3.8) is 0 Å². The van der Waals surface area contributed by atoms with Crippen molar-refractivity contribution in [2.45, 2.75) is 30.7 Å². The number of ether oxygens (including phenoxy) is 1. The van der Waals surface area contributed by atoms with Crippen LogP contribution in [0.4, 0.5) is 0 Å². The fraction of sp³-hybridized carbons (Fsp3) is 0.400. The van der Waals surface area contributed by atoms with Crippen molar-refractivity contribution >= 4 is 23.4 Å².